The molecule has 0 aliphatic heterocycles. The highest BCUT2D eigenvalue weighted by atomic mass is 35.5. The van der Waals surface area contributed by atoms with Crippen molar-refractivity contribution in [1.82, 2.24) is 10.2 Å². The molecule has 1 atom stereocenters. The molecule has 1 N–H and O–H groups in total. The van der Waals surface area contributed by atoms with Gasteiger partial charge in [-0.2, -0.15) is 0 Å². The highest BCUT2D eigenvalue weighted by molar-refractivity contribution is 7.92. The number of anilines is 1. The van der Waals surface area contributed by atoms with Crippen LogP contribution >= 0.6 is 11.6 Å². The molecule has 0 saturated carbocycles. The summed E-state index contributed by atoms with van der Waals surface area (Å²) in [6.07, 6.45) is 0.221. The molecule has 45 heavy (non-hydrogen) atoms. The molecule has 0 spiro atoms. The summed E-state index contributed by atoms with van der Waals surface area (Å²) < 4.78 is 34.9. The van der Waals surface area contributed by atoms with Crippen molar-refractivity contribution in [3.63, 3.8) is 0 Å². The van der Waals surface area contributed by atoms with E-state index in [0.717, 1.165) is 15.4 Å². The smallest absolute Gasteiger partial charge is 0.264 e. The number of amides is 2. The van der Waals surface area contributed by atoms with Gasteiger partial charge in [-0.05, 0) is 74.4 Å². The van der Waals surface area contributed by atoms with Crippen LogP contribution in [0.3, 0.4) is 0 Å². The van der Waals surface area contributed by atoms with Crippen molar-refractivity contribution in [2.24, 2.45) is 0 Å². The Bertz CT molecular complexity index is 1680. The molecule has 0 unspecified atom stereocenters. The number of hydrogen-bond acceptors (Lipinski definition) is 5. The summed E-state index contributed by atoms with van der Waals surface area (Å²) in [6.45, 7) is 5.79. The van der Waals surface area contributed by atoms with Gasteiger partial charge in [0.05, 0.1) is 17.2 Å². The van der Waals surface area contributed by atoms with Crippen LogP contribution in [0.25, 0.3) is 0 Å². The van der Waals surface area contributed by atoms with Gasteiger partial charge in [-0.25, -0.2) is 8.42 Å². The van der Waals surface area contributed by atoms with Gasteiger partial charge in [-0.1, -0.05) is 77.8 Å². The number of sulfonamides is 1. The topological polar surface area (TPSA) is 96.0 Å². The van der Waals surface area contributed by atoms with E-state index in [9.17, 15) is 18.0 Å². The maximum absolute atomic E-state index is 14.4. The van der Waals surface area contributed by atoms with Crippen molar-refractivity contribution in [3.8, 4) is 5.75 Å². The van der Waals surface area contributed by atoms with Crippen LogP contribution in [0.2, 0.25) is 5.02 Å². The molecule has 4 aromatic rings. The predicted octanol–water partition coefficient (Wildman–Crippen LogP) is 6.02. The van der Waals surface area contributed by atoms with Crippen LogP contribution in [0.15, 0.2) is 108 Å². The number of rotatable bonds is 14. The summed E-state index contributed by atoms with van der Waals surface area (Å²) >= 11 is 6.53. The minimum Gasteiger partial charge on any atom is -0.494 e. The molecule has 236 valence electrons. The first kappa shape index (κ1) is 33.6. The van der Waals surface area contributed by atoms with Gasteiger partial charge in [0, 0.05) is 24.5 Å². The molecule has 0 saturated heterocycles. The summed E-state index contributed by atoms with van der Waals surface area (Å²) in [7, 11) is -4.22. The first-order valence-corrected chi connectivity index (χ1v) is 16.6. The van der Waals surface area contributed by atoms with Gasteiger partial charge < -0.3 is 15.0 Å². The zero-order chi connectivity index (χ0) is 32.4. The Morgan fingerprint density at radius 2 is 1.51 bits per heavy atom. The van der Waals surface area contributed by atoms with E-state index in [-0.39, 0.29) is 23.8 Å². The number of carbonyl (C=O) groups is 2. The summed E-state index contributed by atoms with van der Waals surface area (Å²) in [5.74, 6) is -0.374. The molecule has 10 heteroatoms. The summed E-state index contributed by atoms with van der Waals surface area (Å²) in [6, 6.07) is 28.5. The Morgan fingerprint density at radius 1 is 0.867 bits per heavy atom. The van der Waals surface area contributed by atoms with Crippen molar-refractivity contribution in [3.05, 3.63) is 125 Å². The number of halogens is 1. The van der Waals surface area contributed by atoms with E-state index in [1.807, 2.05) is 44.2 Å². The van der Waals surface area contributed by atoms with Crippen molar-refractivity contribution in [2.75, 3.05) is 24.0 Å². The molecular formula is C35H38ClN3O5S. The Balaban J connectivity index is 1.79. The van der Waals surface area contributed by atoms with Gasteiger partial charge in [0.2, 0.25) is 11.8 Å². The quantitative estimate of drug-likeness (QED) is 0.181. The van der Waals surface area contributed by atoms with Gasteiger partial charge in [-0.3, -0.25) is 13.9 Å². The van der Waals surface area contributed by atoms with Crippen molar-refractivity contribution in [1.29, 1.82) is 0 Å². The number of likely N-dealkylation sites (N-methyl/N-ethyl adjacent to an activating group) is 1. The molecule has 0 heterocycles. The molecule has 0 aliphatic rings. The second-order valence-corrected chi connectivity index (χ2v) is 12.7. The van der Waals surface area contributed by atoms with Crippen LogP contribution in [0.4, 0.5) is 5.69 Å². The fourth-order valence-electron chi connectivity index (χ4n) is 4.90. The Labute approximate surface area is 270 Å². The van der Waals surface area contributed by atoms with E-state index >= 15 is 0 Å². The molecule has 4 rings (SSSR count). The molecule has 0 bridgehead atoms. The number of ether oxygens (including phenoxy) is 1. The molecule has 2 amide bonds. The lowest BCUT2D eigenvalue weighted by molar-refractivity contribution is -0.140. The first-order chi connectivity index (χ1) is 21.6. The second kappa shape index (κ2) is 15.6. The molecule has 0 radical (unpaired) electrons. The number of nitrogens with one attached hydrogen (secondary N) is 1. The molecule has 8 nitrogen and oxygen atoms in total. The fourth-order valence-corrected chi connectivity index (χ4v) is 6.51. The maximum atomic E-state index is 14.4. The number of nitrogens with zero attached hydrogens (tertiary/aromatic N) is 2. The summed E-state index contributed by atoms with van der Waals surface area (Å²) in [5.41, 5.74) is 2.73. The van der Waals surface area contributed by atoms with Crippen LogP contribution in [0, 0.1) is 6.92 Å². The van der Waals surface area contributed by atoms with Gasteiger partial charge in [0.15, 0.2) is 0 Å². The second-order valence-electron chi connectivity index (χ2n) is 10.5. The monoisotopic (exact) mass is 647 g/mol. The van der Waals surface area contributed by atoms with Crippen LogP contribution < -0.4 is 14.4 Å². The predicted molar refractivity (Wildman–Crippen MR) is 178 cm³/mol. The summed E-state index contributed by atoms with van der Waals surface area (Å²) in [5, 5.41) is 3.29. The average Bonchev–Trinajstić information content (AvgIpc) is 3.04. The number of aryl methyl sites for hydroxylation is 1. The van der Waals surface area contributed by atoms with Gasteiger partial charge in [-0.15, -0.1) is 0 Å². The lowest BCUT2D eigenvalue weighted by Crippen LogP contribution is -2.53. The number of hydrogen-bond donors (Lipinski definition) is 1. The Kier molecular flexibility index (Phi) is 11.6. The van der Waals surface area contributed by atoms with E-state index in [1.165, 1.54) is 17.0 Å². The highest BCUT2D eigenvalue weighted by Crippen LogP contribution is 2.27. The van der Waals surface area contributed by atoms with Gasteiger partial charge >= 0.3 is 0 Å². The molecule has 0 aliphatic carbocycles. The van der Waals surface area contributed by atoms with Gasteiger partial charge in [0.25, 0.3) is 10.0 Å². The van der Waals surface area contributed by atoms with E-state index < -0.39 is 28.5 Å². The van der Waals surface area contributed by atoms with Gasteiger partial charge in [0.1, 0.15) is 18.3 Å². The van der Waals surface area contributed by atoms with Crippen LogP contribution in [0.1, 0.15) is 30.5 Å². The maximum Gasteiger partial charge on any atom is 0.264 e. The van der Waals surface area contributed by atoms with Crippen LogP contribution in [0.5, 0.6) is 5.75 Å². The first-order valence-electron chi connectivity index (χ1n) is 14.8. The SMILES string of the molecule is CCNC(=O)[C@@H](Cc1ccccc1)N(Cc1ccccc1Cl)C(=O)CN(c1ccc(C)cc1)S(=O)(=O)c1ccc(OCC)cc1. The molecule has 0 aromatic heterocycles. The minimum absolute atomic E-state index is 0.00143. The van der Waals surface area contributed by atoms with E-state index in [1.54, 1.807) is 67.6 Å². The van der Waals surface area contributed by atoms with E-state index in [0.29, 0.717) is 35.2 Å². The van der Waals surface area contributed by atoms with Crippen molar-refractivity contribution in [2.45, 2.75) is 44.7 Å². The third kappa shape index (κ3) is 8.65. The molecular weight excluding hydrogens is 610 g/mol. The zero-order valence-corrected chi connectivity index (χ0v) is 27.2. The van der Waals surface area contributed by atoms with Crippen molar-refractivity contribution < 1.29 is 22.7 Å². The minimum atomic E-state index is -4.22. The van der Waals surface area contributed by atoms with E-state index in [2.05, 4.69) is 5.32 Å². The lowest BCUT2D eigenvalue weighted by atomic mass is 10.0. The standard InChI is InChI=1S/C35H38ClN3O5S/c1-4-37-35(41)33(23-27-11-7-6-8-12-27)38(24-28-13-9-10-14-32(28)36)34(40)25-39(29-17-15-26(3)16-18-29)45(42,43)31-21-19-30(20-22-31)44-5-2/h6-22,33H,4-5,23-25H2,1-3H3,(H,37,41)/t33-/m1/s1. The number of carbonyl (C=O) groups excluding carboxylic acids is 2. The largest absolute Gasteiger partial charge is 0.494 e. The molecule has 4 aromatic carbocycles. The third-order valence-corrected chi connectivity index (χ3v) is 9.40. The Morgan fingerprint density at radius 3 is 2.13 bits per heavy atom. The number of benzene rings is 4. The molecule has 0 fully saturated rings. The average molecular weight is 648 g/mol. The van der Waals surface area contributed by atoms with Crippen LogP contribution in [-0.4, -0.2) is 50.9 Å². The Hall–Kier alpha value is -4.34. The highest BCUT2D eigenvalue weighted by Gasteiger charge is 2.34. The lowest BCUT2D eigenvalue weighted by Gasteiger charge is -2.34. The zero-order valence-electron chi connectivity index (χ0n) is 25.6. The van der Waals surface area contributed by atoms with Crippen LogP contribution in [-0.2, 0) is 32.6 Å². The van der Waals surface area contributed by atoms with Crippen molar-refractivity contribution >= 4 is 39.1 Å². The normalized spacial score (nSPS) is 11.8. The summed E-state index contributed by atoms with van der Waals surface area (Å²) in [4.78, 5) is 29.5. The third-order valence-electron chi connectivity index (χ3n) is 7.24. The van der Waals surface area contributed by atoms with E-state index in [4.69, 9.17) is 16.3 Å². The fraction of sp³-hybridized carbons (Fsp3) is 0.257.